The first-order valence-corrected chi connectivity index (χ1v) is 7.34. The molecular formula is C17H25N3. The van der Waals surface area contributed by atoms with Gasteiger partial charge in [0.25, 0.3) is 0 Å². The number of fused-ring (bicyclic) bond motifs is 1. The van der Waals surface area contributed by atoms with Crippen molar-refractivity contribution in [3.05, 3.63) is 36.0 Å². The van der Waals surface area contributed by atoms with E-state index in [2.05, 4.69) is 69.2 Å². The number of aromatic nitrogens is 1. The lowest BCUT2D eigenvalue weighted by Crippen LogP contribution is -2.27. The zero-order valence-electron chi connectivity index (χ0n) is 13.1. The number of nitrogens with one attached hydrogen (secondary N) is 1. The summed E-state index contributed by atoms with van der Waals surface area (Å²) in [5.74, 6) is 0. The average molecular weight is 271 g/mol. The van der Waals surface area contributed by atoms with E-state index in [-0.39, 0.29) is 0 Å². The third-order valence-corrected chi connectivity index (χ3v) is 3.59. The van der Waals surface area contributed by atoms with Gasteiger partial charge in [-0.1, -0.05) is 32.0 Å². The zero-order valence-corrected chi connectivity index (χ0v) is 13.1. The van der Waals surface area contributed by atoms with Gasteiger partial charge < -0.3 is 10.2 Å². The number of benzene rings is 1. The van der Waals surface area contributed by atoms with Gasteiger partial charge in [-0.2, -0.15) is 0 Å². The van der Waals surface area contributed by atoms with Gasteiger partial charge in [-0.15, -0.1) is 0 Å². The van der Waals surface area contributed by atoms with Crippen LogP contribution in [-0.4, -0.2) is 24.1 Å². The highest BCUT2D eigenvalue weighted by molar-refractivity contribution is 5.92. The second-order valence-corrected chi connectivity index (χ2v) is 5.89. The van der Waals surface area contributed by atoms with Crippen LogP contribution in [0, 0.1) is 0 Å². The number of rotatable bonds is 5. The van der Waals surface area contributed by atoms with E-state index in [0.29, 0.717) is 12.1 Å². The minimum absolute atomic E-state index is 0.465. The Balaban J connectivity index is 2.46. The van der Waals surface area contributed by atoms with E-state index in [1.165, 1.54) is 11.1 Å². The zero-order chi connectivity index (χ0) is 14.7. The predicted octanol–water partition coefficient (Wildman–Crippen LogP) is 3.58. The maximum Gasteiger partial charge on any atom is 0.0726 e. The molecule has 1 heterocycles. The van der Waals surface area contributed by atoms with Crippen molar-refractivity contribution in [2.24, 2.45) is 0 Å². The Hall–Kier alpha value is -1.61. The number of pyridine rings is 1. The Kier molecular flexibility index (Phi) is 4.61. The summed E-state index contributed by atoms with van der Waals surface area (Å²) >= 11 is 0. The summed E-state index contributed by atoms with van der Waals surface area (Å²) in [6.45, 7) is 9.54. The largest absolute Gasteiger partial charge is 0.372 e. The molecular weight excluding hydrogens is 246 g/mol. The fourth-order valence-corrected chi connectivity index (χ4v) is 2.18. The molecule has 0 bridgehead atoms. The van der Waals surface area contributed by atoms with E-state index >= 15 is 0 Å². The molecule has 3 heteroatoms. The predicted molar refractivity (Wildman–Crippen MR) is 87.3 cm³/mol. The first kappa shape index (κ1) is 14.8. The summed E-state index contributed by atoms with van der Waals surface area (Å²) in [4.78, 5) is 7.07. The van der Waals surface area contributed by atoms with Crippen molar-refractivity contribution in [2.45, 2.75) is 46.3 Å². The first-order valence-electron chi connectivity index (χ1n) is 7.34. The monoisotopic (exact) mass is 271 g/mol. The summed E-state index contributed by atoms with van der Waals surface area (Å²) in [6.07, 6.45) is 0. The molecule has 108 valence electrons. The van der Waals surface area contributed by atoms with Gasteiger partial charge in [-0.05, 0) is 26.0 Å². The first-order chi connectivity index (χ1) is 9.49. The van der Waals surface area contributed by atoms with Crippen LogP contribution in [0.1, 0.15) is 33.4 Å². The quantitative estimate of drug-likeness (QED) is 0.901. The van der Waals surface area contributed by atoms with Crippen molar-refractivity contribution in [1.82, 2.24) is 10.3 Å². The molecule has 0 aliphatic heterocycles. The van der Waals surface area contributed by atoms with Crippen molar-refractivity contribution in [3.63, 3.8) is 0 Å². The van der Waals surface area contributed by atoms with E-state index in [1.54, 1.807) is 0 Å². The van der Waals surface area contributed by atoms with Crippen molar-refractivity contribution in [2.75, 3.05) is 11.9 Å². The second kappa shape index (κ2) is 6.23. The second-order valence-electron chi connectivity index (χ2n) is 5.89. The number of hydrogen-bond acceptors (Lipinski definition) is 3. The minimum atomic E-state index is 0.465. The van der Waals surface area contributed by atoms with Crippen LogP contribution < -0.4 is 10.2 Å². The molecule has 1 aromatic carbocycles. The fourth-order valence-electron chi connectivity index (χ4n) is 2.18. The minimum Gasteiger partial charge on any atom is -0.372 e. The number of anilines is 1. The molecule has 1 aromatic heterocycles. The van der Waals surface area contributed by atoms with E-state index < -0.39 is 0 Å². The Bertz CT molecular complexity index is 575. The Morgan fingerprint density at radius 3 is 2.50 bits per heavy atom. The normalized spacial score (nSPS) is 11.6. The molecule has 2 rings (SSSR count). The van der Waals surface area contributed by atoms with Gasteiger partial charge in [0, 0.05) is 36.7 Å². The van der Waals surface area contributed by atoms with Gasteiger partial charge in [0.1, 0.15) is 0 Å². The SMILES string of the molecule is CC(C)NCc1cc(N(C)C(C)C)c2ccccc2n1. The van der Waals surface area contributed by atoms with Gasteiger partial charge in [-0.3, -0.25) is 4.98 Å². The van der Waals surface area contributed by atoms with Gasteiger partial charge in [-0.25, -0.2) is 0 Å². The topological polar surface area (TPSA) is 28.2 Å². The van der Waals surface area contributed by atoms with E-state index in [0.717, 1.165) is 17.8 Å². The average Bonchev–Trinajstić information content (AvgIpc) is 2.43. The third kappa shape index (κ3) is 3.28. The lowest BCUT2D eigenvalue weighted by molar-refractivity contribution is 0.582. The molecule has 1 N–H and O–H groups in total. The van der Waals surface area contributed by atoms with E-state index in [4.69, 9.17) is 4.98 Å². The molecule has 2 aromatic rings. The molecule has 20 heavy (non-hydrogen) atoms. The van der Waals surface area contributed by atoms with Crippen LogP contribution in [0.25, 0.3) is 10.9 Å². The summed E-state index contributed by atoms with van der Waals surface area (Å²) in [6, 6.07) is 11.5. The smallest absolute Gasteiger partial charge is 0.0726 e. The van der Waals surface area contributed by atoms with Crippen LogP contribution in [0.2, 0.25) is 0 Å². The van der Waals surface area contributed by atoms with Crippen molar-refractivity contribution in [1.29, 1.82) is 0 Å². The molecule has 0 saturated carbocycles. The lowest BCUT2D eigenvalue weighted by atomic mass is 10.1. The van der Waals surface area contributed by atoms with Crippen molar-refractivity contribution < 1.29 is 0 Å². The molecule has 0 radical (unpaired) electrons. The van der Waals surface area contributed by atoms with Crippen LogP contribution in [0.4, 0.5) is 5.69 Å². The molecule has 3 nitrogen and oxygen atoms in total. The van der Waals surface area contributed by atoms with Crippen LogP contribution in [0.5, 0.6) is 0 Å². The molecule has 0 unspecified atom stereocenters. The van der Waals surface area contributed by atoms with E-state index in [1.807, 2.05) is 6.07 Å². The van der Waals surface area contributed by atoms with Crippen molar-refractivity contribution in [3.8, 4) is 0 Å². The Morgan fingerprint density at radius 2 is 1.85 bits per heavy atom. The number of hydrogen-bond donors (Lipinski definition) is 1. The van der Waals surface area contributed by atoms with Gasteiger partial charge in [0.15, 0.2) is 0 Å². The van der Waals surface area contributed by atoms with E-state index in [9.17, 15) is 0 Å². The number of nitrogens with zero attached hydrogens (tertiary/aromatic N) is 2. The highest BCUT2D eigenvalue weighted by Crippen LogP contribution is 2.27. The molecule has 0 aliphatic rings. The molecule has 0 spiro atoms. The summed E-state index contributed by atoms with van der Waals surface area (Å²) < 4.78 is 0. The van der Waals surface area contributed by atoms with Crippen LogP contribution in [0.15, 0.2) is 30.3 Å². The standard InChI is InChI=1S/C17H25N3/c1-12(2)18-11-14-10-17(20(5)13(3)4)15-8-6-7-9-16(15)19-14/h6-10,12-13,18H,11H2,1-5H3. The summed E-state index contributed by atoms with van der Waals surface area (Å²) in [5.41, 5.74) is 3.42. The number of para-hydroxylation sites is 1. The Morgan fingerprint density at radius 1 is 1.15 bits per heavy atom. The van der Waals surface area contributed by atoms with Gasteiger partial charge >= 0.3 is 0 Å². The maximum absolute atomic E-state index is 4.76. The molecule has 0 aliphatic carbocycles. The van der Waals surface area contributed by atoms with Crippen LogP contribution in [0.3, 0.4) is 0 Å². The van der Waals surface area contributed by atoms with Gasteiger partial charge in [0.05, 0.1) is 11.2 Å². The summed E-state index contributed by atoms with van der Waals surface area (Å²) in [7, 11) is 2.14. The third-order valence-electron chi connectivity index (χ3n) is 3.59. The highest BCUT2D eigenvalue weighted by atomic mass is 15.1. The van der Waals surface area contributed by atoms with Crippen molar-refractivity contribution >= 4 is 16.6 Å². The van der Waals surface area contributed by atoms with Gasteiger partial charge in [0.2, 0.25) is 0 Å². The highest BCUT2D eigenvalue weighted by Gasteiger charge is 2.11. The van der Waals surface area contributed by atoms with Crippen LogP contribution >= 0.6 is 0 Å². The fraction of sp³-hybridized carbons (Fsp3) is 0.471. The maximum atomic E-state index is 4.76. The Labute approximate surface area is 122 Å². The lowest BCUT2D eigenvalue weighted by Gasteiger charge is -2.26. The van der Waals surface area contributed by atoms with Crippen LogP contribution in [-0.2, 0) is 6.54 Å². The molecule has 0 atom stereocenters. The molecule has 0 saturated heterocycles. The molecule has 0 fully saturated rings. The molecule has 0 amide bonds. The summed E-state index contributed by atoms with van der Waals surface area (Å²) in [5, 5.41) is 4.66.